The molecule has 0 unspecified atom stereocenters. The molecule has 0 radical (unpaired) electrons. The lowest BCUT2D eigenvalue weighted by Gasteiger charge is -2.18. The second-order valence-electron chi connectivity index (χ2n) is 6.08. The Bertz CT molecular complexity index is 678. The van der Waals surface area contributed by atoms with Gasteiger partial charge in [-0.2, -0.15) is 13.2 Å². The van der Waals surface area contributed by atoms with Crippen molar-refractivity contribution in [3.8, 4) is 0 Å². The highest BCUT2D eigenvalue weighted by molar-refractivity contribution is 5.89. The first-order valence-electron chi connectivity index (χ1n) is 7.60. The van der Waals surface area contributed by atoms with Crippen LogP contribution in [0.2, 0.25) is 0 Å². The molecular formula is C15H16F3N3O3. The Morgan fingerprint density at radius 1 is 1.25 bits per heavy atom. The van der Waals surface area contributed by atoms with Crippen LogP contribution in [0.1, 0.15) is 17.7 Å². The molecule has 130 valence electrons. The summed E-state index contributed by atoms with van der Waals surface area (Å²) >= 11 is 0. The number of nitrogens with zero attached hydrogens (tertiary/aromatic N) is 2. The molecule has 9 heteroatoms. The van der Waals surface area contributed by atoms with Crippen molar-refractivity contribution in [1.29, 1.82) is 0 Å². The zero-order valence-corrected chi connectivity index (χ0v) is 12.6. The first-order valence-corrected chi connectivity index (χ1v) is 7.60. The van der Waals surface area contributed by atoms with Crippen LogP contribution in [0.3, 0.4) is 0 Å². The van der Waals surface area contributed by atoms with E-state index in [0.29, 0.717) is 0 Å². The van der Waals surface area contributed by atoms with E-state index in [0.717, 1.165) is 35.4 Å². The summed E-state index contributed by atoms with van der Waals surface area (Å²) < 4.78 is 38.9. The van der Waals surface area contributed by atoms with Gasteiger partial charge in [-0.25, -0.2) is 9.78 Å². The monoisotopic (exact) mass is 343 g/mol. The van der Waals surface area contributed by atoms with Crippen molar-refractivity contribution in [3.05, 3.63) is 23.4 Å². The number of urea groups is 1. The molecule has 1 fully saturated rings. The maximum atomic E-state index is 13.0. The average Bonchev–Trinajstić information content (AvgIpc) is 3.13. The Balaban J connectivity index is 1.70. The zero-order valence-electron chi connectivity index (χ0n) is 12.6. The molecule has 6 nitrogen and oxygen atoms in total. The highest BCUT2D eigenvalue weighted by Gasteiger charge is 2.53. The van der Waals surface area contributed by atoms with Gasteiger partial charge < -0.3 is 10.0 Å². The third kappa shape index (κ3) is 3.15. The van der Waals surface area contributed by atoms with E-state index in [2.05, 4.69) is 10.3 Å². The second kappa shape index (κ2) is 5.95. The third-order valence-corrected chi connectivity index (χ3v) is 4.51. The number of anilines is 1. The highest BCUT2D eigenvalue weighted by Crippen LogP contribution is 2.37. The number of hydrogen-bond acceptors (Lipinski definition) is 3. The summed E-state index contributed by atoms with van der Waals surface area (Å²) in [6, 6.07) is 2.68. The van der Waals surface area contributed by atoms with Crippen LogP contribution in [0.5, 0.6) is 0 Å². The molecule has 2 atom stereocenters. The Kier molecular flexibility index (Phi) is 4.10. The first kappa shape index (κ1) is 16.5. The Morgan fingerprint density at radius 3 is 2.62 bits per heavy atom. The van der Waals surface area contributed by atoms with Gasteiger partial charge >= 0.3 is 18.2 Å². The summed E-state index contributed by atoms with van der Waals surface area (Å²) in [7, 11) is 0. The van der Waals surface area contributed by atoms with Crippen molar-refractivity contribution >= 4 is 17.8 Å². The van der Waals surface area contributed by atoms with Gasteiger partial charge in [0.25, 0.3) is 0 Å². The molecule has 0 bridgehead atoms. The molecule has 1 saturated heterocycles. The number of nitrogens with one attached hydrogen (secondary N) is 1. The van der Waals surface area contributed by atoms with Crippen molar-refractivity contribution in [2.45, 2.75) is 25.4 Å². The molecule has 2 amide bonds. The average molecular weight is 343 g/mol. The second-order valence-corrected chi connectivity index (χ2v) is 6.08. The number of halogens is 3. The van der Waals surface area contributed by atoms with Crippen molar-refractivity contribution < 1.29 is 27.9 Å². The fraction of sp³-hybridized carbons (Fsp3) is 0.533. The van der Waals surface area contributed by atoms with E-state index in [4.69, 9.17) is 5.11 Å². The van der Waals surface area contributed by atoms with Crippen LogP contribution in [0.15, 0.2) is 12.1 Å². The number of aryl methyl sites for hydroxylation is 2. The van der Waals surface area contributed by atoms with Gasteiger partial charge in [-0.05, 0) is 30.9 Å². The smallest absolute Gasteiger partial charge is 0.394 e. The number of amides is 2. The Morgan fingerprint density at radius 2 is 2.00 bits per heavy atom. The predicted molar refractivity (Wildman–Crippen MR) is 77.5 cm³/mol. The number of alkyl halides is 3. The summed E-state index contributed by atoms with van der Waals surface area (Å²) in [6.07, 6.45) is -1.94. The molecule has 1 aromatic rings. The number of likely N-dealkylation sites (tertiary alicyclic amines) is 1. The van der Waals surface area contributed by atoms with Gasteiger partial charge in [0.1, 0.15) is 5.82 Å². The number of aromatic nitrogens is 1. The Hall–Kier alpha value is -2.32. The van der Waals surface area contributed by atoms with Gasteiger partial charge in [-0.15, -0.1) is 0 Å². The lowest BCUT2D eigenvalue weighted by molar-refractivity contribution is -0.187. The lowest BCUT2D eigenvalue weighted by Crippen LogP contribution is -2.35. The minimum Gasteiger partial charge on any atom is -0.481 e. The molecule has 1 aliphatic carbocycles. The number of carbonyl (C=O) groups is 2. The number of rotatable bonds is 2. The fourth-order valence-electron chi connectivity index (χ4n) is 3.23. The van der Waals surface area contributed by atoms with Gasteiger partial charge in [-0.1, -0.05) is 6.07 Å². The van der Waals surface area contributed by atoms with Gasteiger partial charge in [-0.3, -0.25) is 10.1 Å². The molecule has 2 N–H and O–H groups in total. The van der Waals surface area contributed by atoms with Crippen LogP contribution >= 0.6 is 0 Å². The van der Waals surface area contributed by atoms with Gasteiger partial charge in [0.15, 0.2) is 0 Å². The van der Waals surface area contributed by atoms with Crippen molar-refractivity contribution in [3.63, 3.8) is 0 Å². The summed E-state index contributed by atoms with van der Waals surface area (Å²) in [5, 5.41) is 11.4. The normalized spacial score (nSPS) is 23.2. The Labute approximate surface area is 135 Å². The van der Waals surface area contributed by atoms with E-state index in [-0.39, 0.29) is 5.82 Å². The third-order valence-electron chi connectivity index (χ3n) is 4.51. The minimum atomic E-state index is -4.66. The quantitative estimate of drug-likeness (QED) is 0.863. The van der Waals surface area contributed by atoms with E-state index >= 15 is 0 Å². The molecular weight excluding hydrogens is 327 g/mol. The highest BCUT2D eigenvalue weighted by atomic mass is 19.4. The molecule has 0 saturated carbocycles. The van der Waals surface area contributed by atoms with E-state index in [1.165, 1.54) is 0 Å². The van der Waals surface area contributed by atoms with Crippen LogP contribution in [0.25, 0.3) is 0 Å². The number of hydrogen-bond donors (Lipinski definition) is 2. The summed E-state index contributed by atoms with van der Waals surface area (Å²) in [5.74, 6) is -5.00. The molecule has 1 aromatic heterocycles. The van der Waals surface area contributed by atoms with Gasteiger partial charge in [0.05, 0.1) is 11.8 Å². The van der Waals surface area contributed by atoms with Crippen LogP contribution in [-0.2, 0) is 17.6 Å². The van der Waals surface area contributed by atoms with E-state index in [9.17, 15) is 22.8 Å². The van der Waals surface area contributed by atoms with Crippen LogP contribution in [-0.4, -0.2) is 46.3 Å². The molecule has 1 aliphatic heterocycles. The number of carboxylic acids is 1. The number of fused-ring (bicyclic) bond motifs is 1. The largest absolute Gasteiger partial charge is 0.481 e. The predicted octanol–water partition coefficient (Wildman–Crippen LogP) is 2.30. The molecule has 0 spiro atoms. The van der Waals surface area contributed by atoms with Crippen LogP contribution < -0.4 is 5.32 Å². The van der Waals surface area contributed by atoms with Gasteiger partial charge in [0, 0.05) is 18.8 Å². The standard InChI is InChI=1S/C15H16F3N3O3/c16-15(17,18)10-7-21(6-9(10)13(22)23)14(24)20-12-5-4-8-2-1-3-11(8)19-12/h4-5,9-10H,1-3,6-7H2,(H,22,23)(H,19,20,24)/t9-,10-/m1/s1. The molecule has 3 rings (SSSR count). The topological polar surface area (TPSA) is 82.5 Å². The minimum absolute atomic E-state index is 0.267. The summed E-state index contributed by atoms with van der Waals surface area (Å²) in [5.41, 5.74) is 1.99. The zero-order chi connectivity index (χ0) is 17.5. The van der Waals surface area contributed by atoms with E-state index < -0.39 is 43.1 Å². The maximum absolute atomic E-state index is 13.0. The molecule has 24 heavy (non-hydrogen) atoms. The SMILES string of the molecule is O=C(O)[C@@H]1CN(C(=O)Nc2ccc3c(n2)CCC3)C[C@H]1C(F)(F)F. The lowest BCUT2D eigenvalue weighted by atomic mass is 9.96. The number of carbonyl (C=O) groups excluding carboxylic acids is 1. The fourth-order valence-corrected chi connectivity index (χ4v) is 3.23. The van der Waals surface area contributed by atoms with Crippen molar-refractivity contribution in [1.82, 2.24) is 9.88 Å². The summed E-state index contributed by atoms with van der Waals surface area (Å²) in [6.45, 7) is -1.15. The number of carboxylic acid groups (broad SMARTS) is 1. The maximum Gasteiger partial charge on any atom is 0.394 e. The molecule has 2 aliphatic rings. The molecule has 0 aromatic carbocycles. The van der Waals surface area contributed by atoms with Crippen molar-refractivity contribution in [2.75, 3.05) is 18.4 Å². The first-order chi connectivity index (χ1) is 11.3. The van der Waals surface area contributed by atoms with Crippen LogP contribution in [0, 0.1) is 11.8 Å². The van der Waals surface area contributed by atoms with E-state index in [1.54, 1.807) is 6.07 Å². The summed E-state index contributed by atoms with van der Waals surface area (Å²) in [4.78, 5) is 28.4. The van der Waals surface area contributed by atoms with Crippen LogP contribution in [0.4, 0.5) is 23.8 Å². The van der Waals surface area contributed by atoms with E-state index in [1.807, 2.05) is 6.07 Å². The van der Waals surface area contributed by atoms with Gasteiger partial charge in [0.2, 0.25) is 0 Å². The van der Waals surface area contributed by atoms with Crippen molar-refractivity contribution in [2.24, 2.45) is 11.8 Å². The molecule has 2 heterocycles. The number of pyridine rings is 1. The number of aliphatic carboxylic acids is 1.